The van der Waals surface area contributed by atoms with Gasteiger partial charge in [0.15, 0.2) is 5.65 Å². The summed E-state index contributed by atoms with van der Waals surface area (Å²) in [7, 11) is 0. The van der Waals surface area contributed by atoms with E-state index in [1.165, 1.54) is 6.07 Å². The minimum Gasteiger partial charge on any atom is -0.324 e. The van der Waals surface area contributed by atoms with Crippen molar-refractivity contribution < 1.29 is 9.18 Å². The predicted molar refractivity (Wildman–Crippen MR) is 111 cm³/mol. The lowest BCUT2D eigenvalue weighted by molar-refractivity contribution is -0.116. The molecule has 0 bridgehead atoms. The third-order valence-corrected chi connectivity index (χ3v) is 4.98. The van der Waals surface area contributed by atoms with Crippen LogP contribution in [-0.2, 0) is 11.2 Å². The molecule has 2 aromatic heterocycles. The first-order valence-electron chi connectivity index (χ1n) is 9.48. The third kappa shape index (κ3) is 3.87. The van der Waals surface area contributed by atoms with Crippen molar-refractivity contribution in [2.24, 2.45) is 0 Å². The number of rotatable bonds is 5. The maximum absolute atomic E-state index is 13.7. The lowest BCUT2D eigenvalue weighted by atomic mass is 10.1. The van der Waals surface area contributed by atoms with Gasteiger partial charge in [-0.05, 0) is 38.0 Å². The second kappa shape index (κ2) is 7.83. The van der Waals surface area contributed by atoms with Crippen molar-refractivity contribution in [1.29, 1.82) is 0 Å². The molecule has 6 heteroatoms. The Balaban J connectivity index is 1.56. The van der Waals surface area contributed by atoms with Crippen LogP contribution in [0.15, 0.2) is 60.7 Å². The van der Waals surface area contributed by atoms with Crippen molar-refractivity contribution in [2.45, 2.75) is 26.7 Å². The van der Waals surface area contributed by atoms with Crippen molar-refractivity contribution in [1.82, 2.24) is 14.6 Å². The molecule has 2 heterocycles. The summed E-state index contributed by atoms with van der Waals surface area (Å²) in [6.45, 7) is 3.92. The number of halogens is 1. The van der Waals surface area contributed by atoms with Crippen LogP contribution in [0.5, 0.6) is 0 Å². The molecule has 0 aliphatic carbocycles. The molecular weight excluding hydrogens is 367 g/mol. The summed E-state index contributed by atoms with van der Waals surface area (Å²) in [5.74, 6) is -0.680. The third-order valence-electron chi connectivity index (χ3n) is 4.98. The predicted octanol–water partition coefficient (Wildman–Crippen LogP) is 4.72. The van der Waals surface area contributed by atoms with E-state index in [4.69, 9.17) is 5.10 Å². The van der Waals surface area contributed by atoms with Gasteiger partial charge in [-0.1, -0.05) is 42.5 Å². The second-order valence-electron chi connectivity index (χ2n) is 6.95. The molecule has 0 radical (unpaired) electrons. The van der Waals surface area contributed by atoms with Gasteiger partial charge in [-0.15, -0.1) is 0 Å². The molecule has 5 nitrogen and oxygen atoms in total. The monoisotopic (exact) mass is 388 g/mol. The standard InChI is InChI=1S/C23H21FN4O/c1-15-18(12-13-23(29)26-20-11-7-6-10-19(20)24)16(2)28-22(25-15)14-21(27-28)17-8-4-3-5-9-17/h3-11,14H,12-13H2,1-2H3,(H,26,29). The molecule has 146 valence electrons. The molecule has 4 aromatic rings. The fourth-order valence-electron chi connectivity index (χ4n) is 3.45. The van der Waals surface area contributed by atoms with E-state index in [-0.39, 0.29) is 18.0 Å². The second-order valence-corrected chi connectivity index (χ2v) is 6.95. The van der Waals surface area contributed by atoms with Crippen LogP contribution in [0.2, 0.25) is 0 Å². The average Bonchev–Trinajstić information content (AvgIpc) is 3.14. The lowest BCUT2D eigenvalue weighted by Gasteiger charge is -2.11. The maximum atomic E-state index is 13.7. The summed E-state index contributed by atoms with van der Waals surface area (Å²) < 4.78 is 15.5. The molecule has 29 heavy (non-hydrogen) atoms. The van der Waals surface area contributed by atoms with Crippen molar-refractivity contribution in [3.8, 4) is 11.3 Å². The van der Waals surface area contributed by atoms with Gasteiger partial charge >= 0.3 is 0 Å². The van der Waals surface area contributed by atoms with Crippen molar-refractivity contribution >= 4 is 17.2 Å². The molecule has 0 spiro atoms. The molecule has 2 aromatic carbocycles. The van der Waals surface area contributed by atoms with E-state index in [1.54, 1.807) is 18.2 Å². The minimum absolute atomic E-state index is 0.194. The number of anilines is 1. The largest absolute Gasteiger partial charge is 0.324 e. The Kier molecular flexibility index (Phi) is 5.08. The lowest BCUT2D eigenvalue weighted by Crippen LogP contribution is -2.15. The topological polar surface area (TPSA) is 59.3 Å². The molecule has 0 aliphatic heterocycles. The van der Waals surface area contributed by atoms with E-state index in [1.807, 2.05) is 54.8 Å². The summed E-state index contributed by atoms with van der Waals surface area (Å²) in [5.41, 5.74) is 5.65. The van der Waals surface area contributed by atoms with E-state index in [0.717, 1.165) is 33.9 Å². The van der Waals surface area contributed by atoms with Crippen LogP contribution >= 0.6 is 0 Å². The highest BCUT2D eigenvalue weighted by Crippen LogP contribution is 2.22. The van der Waals surface area contributed by atoms with Gasteiger partial charge in [0.1, 0.15) is 5.82 Å². The van der Waals surface area contributed by atoms with Crippen LogP contribution < -0.4 is 5.32 Å². The fourth-order valence-corrected chi connectivity index (χ4v) is 3.45. The molecule has 0 saturated heterocycles. The number of benzene rings is 2. The van der Waals surface area contributed by atoms with Crippen molar-refractivity contribution in [2.75, 3.05) is 5.32 Å². The van der Waals surface area contributed by atoms with Crippen LogP contribution in [0, 0.1) is 19.7 Å². The molecule has 0 aliphatic rings. The number of hydrogen-bond acceptors (Lipinski definition) is 3. The van der Waals surface area contributed by atoms with Crippen LogP contribution in [0.25, 0.3) is 16.9 Å². The number of carbonyl (C=O) groups excluding carboxylic acids is 1. The molecule has 0 atom stereocenters. The molecule has 0 unspecified atom stereocenters. The number of aromatic nitrogens is 3. The summed E-state index contributed by atoms with van der Waals surface area (Å²) in [6.07, 6.45) is 0.734. The SMILES string of the molecule is Cc1nc2cc(-c3ccccc3)nn2c(C)c1CCC(=O)Nc1ccccc1F. The Morgan fingerprint density at radius 2 is 1.79 bits per heavy atom. The summed E-state index contributed by atoms with van der Waals surface area (Å²) in [4.78, 5) is 17.0. The van der Waals surface area contributed by atoms with Gasteiger partial charge in [0.25, 0.3) is 0 Å². The Labute approximate surface area is 168 Å². The molecule has 0 saturated carbocycles. The Bertz CT molecular complexity index is 1180. The van der Waals surface area contributed by atoms with E-state index >= 15 is 0 Å². The number of carbonyl (C=O) groups is 1. The van der Waals surface area contributed by atoms with E-state index in [0.29, 0.717) is 6.42 Å². The number of aryl methyl sites for hydroxylation is 2. The van der Waals surface area contributed by atoms with Crippen LogP contribution in [0.1, 0.15) is 23.4 Å². The van der Waals surface area contributed by atoms with Gasteiger partial charge < -0.3 is 5.32 Å². The number of nitrogens with one attached hydrogen (secondary N) is 1. The van der Waals surface area contributed by atoms with Gasteiger partial charge in [0.05, 0.1) is 11.4 Å². The van der Waals surface area contributed by atoms with Crippen molar-refractivity contribution in [3.63, 3.8) is 0 Å². The van der Waals surface area contributed by atoms with Gasteiger partial charge in [-0.25, -0.2) is 13.9 Å². The maximum Gasteiger partial charge on any atom is 0.224 e. The Morgan fingerprint density at radius 1 is 1.07 bits per heavy atom. The Morgan fingerprint density at radius 3 is 2.55 bits per heavy atom. The summed E-state index contributed by atoms with van der Waals surface area (Å²) in [6, 6.07) is 18.1. The fraction of sp³-hybridized carbons (Fsp3) is 0.174. The number of para-hydroxylation sites is 1. The van der Waals surface area contributed by atoms with Crippen LogP contribution in [-0.4, -0.2) is 20.5 Å². The average molecular weight is 388 g/mol. The molecule has 0 fully saturated rings. The summed E-state index contributed by atoms with van der Waals surface area (Å²) >= 11 is 0. The zero-order valence-corrected chi connectivity index (χ0v) is 16.3. The number of hydrogen-bond donors (Lipinski definition) is 1. The Hall–Kier alpha value is -3.54. The zero-order valence-electron chi connectivity index (χ0n) is 16.3. The first-order chi connectivity index (χ1) is 14.0. The smallest absolute Gasteiger partial charge is 0.224 e. The van der Waals surface area contributed by atoms with Gasteiger partial charge in [0.2, 0.25) is 5.91 Å². The van der Waals surface area contributed by atoms with Gasteiger partial charge in [0, 0.05) is 29.4 Å². The number of amides is 1. The van der Waals surface area contributed by atoms with Gasteiger partial charge in [-0.2, -0.15) is 5.10 Å². The van der Waals surface area contributed by atoms with Crippen LogP contribution in [0.4, 0.5) is 10.1 Å². The van der Waals surface area contributed by atoms with Gasteiger partial charge in [-0.3, -0.25) is 4.79 Å². The van der Waals surface area contributed by atoms with E-state index in [9.17, 15) is 9.18 Å². The molecule has 1 N–H and O–H groups in total. The van der Waals surface area contributed by atoms with E-state index in [2.05, 4.69) is 10.3 Å². The number of nitrogens with zero attached hydrogens (tertiary/aromatic N) is 3. The van der Waals surface area contributed by atoms with E-state index < -0.39 is 5.82 Å². The van der Waals surface area contributed by atoms with Crippen molar-refractivity contribution in [3.05, 3.63) is 83.4 Å². The molecule has 1 amide bonds. The minimum atomic E-state index is -0.443. The molecule has 4 rings (SSSR count). The highest BCUT2D eigenvalue weighted by molar-refractivity contribution is 5.91. The zero-order chi connectivity index (χ0) is 20.4. The molecular formula is C23H21FN4O. The highest BCUT2D eigenvalue weighted by Gasteiger charge is 2.15. The highest BCUT2D eigenvalue weighted by atomic mass is 19.1. The van der Waals surface area contributed by atoms with Crippen LogP contribution in [0.3, 0.4) is 0 Å². The normalized spacial score (nSPS) is 11.0. The summed E-state index contributed by atoms with van der Waals surface area (Å²) in [5, 5.41) is 7.32. The first kappa shape index (κ1) is 18.8. The first-order valence-corrected chi connectivity index (χ1v) is 9.48. The quantitative estimate of drug-likeness (QED) is 0.538. The number of fused-ring (bicyclic) bond motifs is 1.